The Morgan fingerprint density at radius 3 is 2.38 bits per heavy atom. The molecule has 1 rings (SSSR count). The molecule has 0 heterocycles. The van der Waals surface area contributed by atoms with Crippen LogP contribution in [0.1, 0.15) is 25.3 Å². The number of methoxy groups -OCH3 is 1. The van der Waals surface area contributed by atoms with E-state index in [4.69, 9.17) is 14.2 Å². The van der Waals surface area contributed by atoms with Crippen LogP contribution in [-0.4, -0.2) is 58.8 Å². The quantitative estimate of drug-likeness (QED) is 0.175. The number of nitrogens with zero attached hydrogens (tertiary/aromatic N) is 1. The molecule has 0 spiro atoms. The van der Waals surface area contributed by atoms with Gasteiger partial charge in [-0.25, -0.2) is 4.99 Å². The van der Waals surface area contributed by atoms with Gasteiger partial charge < -0.3 is 24.8 Å². The number of benzene rings is 1. The number of aliphatic imine (C=N–C) groups is 1. The second-order valence-corrected chi connectivity index (χ2v) is 5.98. The van der Waals surface area contributed by atoms with Crippen molar-refractivity contribution in [1.82, 2.24) is 10.6 Å². The highest BCUT2D eigenvalue weighted by molar-refractivity contribution is 14.0. The van der Waals surface area contributed by atoms with Crippen molar-refractivity contribution in [3.8, 4) is 5.75 Å². The third kappa shape index (κ3) is 15.3. The largest absolute Gasteiger partial charge is 0.484 e. The molecule has 168 valence electrons. The second kappa shape index (κ2) is 16.5. The van der Waals surface area contributed by atoms with Gasteiger partial charge in [-0.05, 0) is 37.5 Å². The Labute approximate surface area is 187 Å². The van der Waals surface area contributed by atoms with Gasteiger partial charge in [-0.1, -0.05) is 12.1 Å². The van der Waals surface area contributed by atoms with Crippen LogP contribution in [-0.2, 0) is 16.0 Å². The first kappa shape index (κ1) is 27.7. The lowest BCUT2D eigenvalue weighted by atomic mass is 10.2. The number of hydrogen-bond acceptors (Lipinski definition) is 4. The molecule has 0 aliphatic heterocycles. The maximum atomic E-state index is 12.2. The average Bonchev–Trinajstić information content (AvgIpc) is 2.66. The van der Waals surface area contributed by atoms with Gasteiger partial charge in [-0.2, -0.15) is 13.2 Å². The summed E-state index contributed by atoms with van der Waals surface area (Å²) in [4.78, 5) is 4.48. The van der Waals surface area contributed by atoms with Gasteiger partial charge >= 0.3 is 6.18 Å². The lowest BCUT2D eigenvalue weighted by molar-refractivity contribution is -0.153. The maximum absolute atomic E-state index is 12.2. The molecule has 0 unspecified atom stereocenters. The Bertz CT molecular complexity index is 558. The van der Waals surface area contributed by atoms with Crippen LogP contribution in [0.4, 0.5) is 13.2 Å². The minimum absolute atomic E-state index is 0. The summed E-state index contributed by atoms with van der Waals surface area (Å²) < 4.78 is 51.5. The number of ether oxygens (including phenoxy) is 3. The van der Waals surface area contributed by atoms with Gasteiger partial charge in [-0.15, -0.1) is 24.0 Å². The number of halogens is 4. The SMILES string of the molecule is CCNC(=NCc1ccc(OCC(F)(F)F)cc1)NCCCCOCCOC.I. The number of hydrogen-bond donors (Lipinski definition) is 2. The molecule has 0 bridgehead atoms. The summed E-state index contributed by atoms with van der Waals surface area (Å²) in [7, 11) is 1.64. The molecule has 1 aromatic rings. The van der Waals surface area contributed by atoms with E-state index in [0.29, 0.717) is 32.3 Å². The topological polar surface area (TPSA) is 64.1 Å². The van der Waals surface area contributed by atoms with Crippen LogP contribution in [0.3, 0.4) is 0 Å². The van der Waals surface area contributed by atoms with Crippen molar-refractivity contribution in [2.75, 3.05) is 46.6 Å². The lowest BCUT2D eigenvalue weighted by Crippen LogP contribution is -2.37. The molecule has 0 atom stereocenters. The van der Waals surface area contributed by atoms with E-state index in [0.717, 1.165) is 31.5 Å². The smallest absolute Gasteiger partial charge is 0.422 e. The molecule has 6 nitrogen and oxygen atoms in total. The van der Waals surface area contributed by atoms with Crippen molar-refractivity contribution in [1.29, 1.82) is 0 Å². The molecule has 0 radical (unpaired) electrons. The van der Waals surface area contributed by atoms with Crippen LogP contribution in [0.2, 0.25) is 0 Å². The highest BCUT2D eigenvalue weighted by Crippen LogP contribution is 2.19. The number of guanidine groups is 1. The van der Waals surface area contributed by atoms with Gasteiger partial charge in [-0.3, -0.25) is 0 Å². The van der Waals surface area contributed by atoms with Gasteiger partial charge in [0, 0.05) is 26.8 Å². The summed E-state index contributed by atoms with van der Waals surface area (Å²) in [5.74, 6) is 0.878. The van der Waals surface area contributed by atoms with Gasteiger partial charge in [0.05, 0.1) is 19.8 Å². The predicted octanol–water partition coefficient (Wildman–Crippen LogP) is 3.74. The fourth-order valence-electron chi connectivity index (χ4n) is 2.15. The maximum Gasteiger partial charge on any atom is 0.422 e. The second-order valence-electron chi connectivity index (χ2n) is 5.98. The summed E-state index contributed by atoms with van der Waals surface area (Å²) in [5, 5.41) is 6.41. The molecule has 1 aromatic carbocycles. The molecule has 0 aromatic heterocycles. The molecule has 0 amide bonds. The summed E-state index contributed by atoms with van der Waals surface area (Å²) in [6.45, 7) is 4.50. The standard InChI is InChI=1S/C19H30F3N3O3.HI/c1-3-23-18(24-10-4-5-11-27-13-12-26-2)25-14-16-6-8-17(9-7-16)28-15-19(20,21)22;/h6-9H,3-5,10-15H2,1-2H3,(H2,23,24,25);1H. The van der Waals surface area contributed by atoms with Crippen molar-refractivity contribution in [3.63, 3.8) is 0 Å². The zero-order valence-corrected chi connectivity index (χ0v) is 19.2. The first-order chi connectivity index (χ1) is 13.4. The molecular weight excluding hydrogens is 502 g/mol. The molecule has 0 saturated carbocycles. The highest BCUT2D eigenvalue weighted by atomic mass is 127. The van der Waals surface area contributed by atoms with Gasteiger partial charge in [0.25, 0.3) is 0 Å². The van der Waals surface area contributed by atoms with Crippen LogP contribution in [0.15, 0.2) is 29.3 Å². The third-order valence-electron chi connectivity index (χ3n) is 3.53. The van der Waals surface area contributed by atoms with Crippen molar-refractivity contribution in [3.05, 3.63) is 29.8 Å². The van der Waals surface area contributed by atoms with Gasteiger partial charge in [0.1, 0.15) is 5.75 Å². The van der Waals surface area contributed by atoms with E-state index in [9.17, 15) is 13.2 Å². The van der Waals surface area contributed by atoms with Crippen LogP contribution < -0.4 is 15.4 Å². The zero-order chi connectivity index (χ0) is 20.7. The van der Waals surface area contributed by atoms with Crippen molar-refractivity contribution in [2.45, 2.75) is 32.5 Å². The van der Waals surface area contributed by atoms with E-state index < -0.39 is 12.8 Å². The van der Waals surface area contributed by atoms with Crippen LogP contribution in [0.25, 0.3) is 0 Å². The normalized spacial score (nSPS) is 11.7. The summed E-state index contributed by atoms with van der Waals surface area (Å²) in [5.41, 5.74) is 0.878. The lowest BCUT2D eigenvalue weighted by Gasteiger charge is -2.12. The van der Waals surface area contributed by atoms with Gasteiger partial charge in [0.15, 0.2) is 12.6 Å². The number of alkyl halides is 3. The fourth-order valence-corrected chi connectivity index (χ4v) is 2.15. The first-order valence-corrected chi connectivity index (χ1v) is 9.32. The van der Waals surface area contributed by atoms with E-state index in [1.807, 2.05) is 6.92 Å². The first-order valence-electron chi connectivity index (χ1n) is 9.32. The Balaban J connectivity index is 0.00000784. The molecule has 0 saturated heterocycles. The van der Waals surface area contributed by atoms with E-state index in [-0.39, 0.29) is 29.7 Å². The Hall–Kier alpha value is -1.27. The van der Waals surface area contributed by atoms with E-state index >= 15 is 0 Å². The van der Waals surface area contributed by atoms with Crippen molar-refractivity contribution in [2.24, 2.45) is 4.99 Å². The molecule has 10 heteroatoms. The molecule has 0 aliphatic rings. The molecule has 0 aliphatic carbocycles. The average molecular weight is 533 g/mol. The number of rotatable bonds is 13. The molecule has 2 N–H and O–H groups in total. The zero-order valence-electron chi connectivity index (χ0n) is 16.9. The number of unbranched alkanes of at least 4 members (excludes halogenated alkanes) is 1. The Morgan fingerprint density at radius 1 is 1.03 bits per heavy atom. The van der Waals surface area contributed by atoms with Crippen LogP contribution in [0.5, 0.6) is 5.75 Å². The summed E-state index contributed by atoms with van der Waals surface area (Å²) in [6.07, 6.45) is -2.45. The van der Waals surface area contributed by atoms with Gasteiger partial charge in [0.2, 0.25) is 0 Å². The minimum Gasteiger partial charge on any atom is -0.484 e. The van der Waals surface area contributed by atoms with Crippen LogP contribution in [0, 0.1) is 0 Å². The van der Waals surface area contributed by atoms with Crippen molar-refractivity contribution < 1.29 is 27.4 Å². The molecule has 0 fully saturated rings. The molecular formula is C19H31F3IN3O3. The summed E-state index contributed by atoms with van der Waals surface area (Å²) >= 11 is 0. The van der Waals surface area contributed by atoms with Crippen LogP contribution >= 0.6 is 24.0 Å². The Morgan fingerprint density at radius 2 is 1.76 bits per heavy atom. The summed E-state index contributed by atoms with van der Waals surface area (Å²) in [6, 6.07) is 6.44. The third-order valence-corrected chi connectivity index (χ3v) is 3.53. The van der Waals surface area contributed by atoms with E-state index in [1.165, 1.54) is 12.1 Å². The molecule has 29 heavy (non-hydrogen) atoms. The predicted molar refractivity (Wildman–Crippen MR) is 118 cm³/mol. The Kier molecular flexibility index (Phi) is 15.8. The fraction of sp³-hybridized carbons (Fsp3) is 0.632. The number of nitrogens with one attached hydrogen (secondary N) is 2. The van der Waals surface area contributed by atoms with E-state index in [1.54, 1.807) is 19.2 Å². The minimum atomic E-state index is -4.34. The van der Waals surface area contributed by atoms with Crippen molar-refractivity contribution >= 4 is 29.9 Å². The monoisotopic (exact) mass is 533 g/mol. The highest BCUT2D eigenvalue weighted by Gasteiger charge is 2.28. The van der Waals surface area contributed by atoms with E-state index in [2.05, 4.69) is 15.6 Å².